The summed E-state index contributed by atoms with van der Waals surface area (Å²) in [6.45, 7) is 0.878. The Morgan fingerprint density at radius 1 is 0.906 bits per heavy atom. The minimum absolute atomic E-state index is 0.0500. The fourth-order valence-corrected chi connectivity index (χ4v) is 4.31. The number of nitrogens with one attached hydrogen (secondary N) is 1. The number of nitrogens with zero attached hydrogens (tertiary/aromatic N) is 3. The minimum Gasteiger partial charge on any atom is -0.473 e. The Labute approximate surface area is 195 Å². The van der Waals surface area contributed by atoms with Crippen LogP contribution in [-0.4, -0.2) is 38.6 Å². The van der Waals surface area contributed by atoms with Gasteiger partial charge in [-0.25, -0.2) is 18.4 Å². The minimum atomic E-state index is -3.87. The number of aromatic nitrogens is 2. The first-order valence-corrected chi connectivity index (χ1v) is 12.1. The molecule has 0 aliphatic heterocycles. The smallest absolute Gasteiger partial charge is 0.263 e. The summed E-state index contributed by atoms with van der Waals surface area (Å²) in [7, 11) is -1.91. The molecule has 7 nitrogen and oxygen atoms in total. The number of sulfonamides is 1. The number of fused-ring (bicyclic) bond motifs is 1. The van der Waals surface area contributed by atoms with Gasteiger partial charge in [-0.15, -0.1) is 0 Å². The zero-order chi connectivity index (χ0) is 22.6. The van der Waals surface area contributed by atoms with Crippen LogP contribution in [0.5, 0.6) is 5.88 Å². The Hall–Kier alpha value is -3.17. The maximum atomic E-state index is 12.9. The first kappa shape index (κ1) is 22.0. The summed E-state index contributed by atoms with van der Waals surface area (Å²) in [5, 5.41) is 0. The molecule has 0 saturated carbocycles. The molecule has 0 unspecified atom stereocenters. The van der Waals surface area contributed by atoms with E-state index in [0.29, 0.717) is 24.2 Å². The lowest BCUT2D eigenvalue weighted by Crippen LogP contribution is -2.24. The van der Waals surface area contributed by atoms with E-state index >= 15 is 0 Å². The number of likely N-dealkylation sites (N-methyl/N-ethyl adjacent to an activating group) is 1. The molecule has 4 aromatic rings. The molecular formula is C23H21BrN4O3S. The van der Waals surface area contributed by atoms with Crippen molar-refractivity contribution in [3.63, 3.8) is 0 Å². The average Bonchev–Trinajstić information content (AvgIpc) is 2.80. The van der Waals surface area contributed by atoms with Gasteiger partial charge in [-0.05, 0) is 48.5 Å². The van der Waals surface area contributed by atoms with Crippen molar-refractivity contribution in [3.05, 3.63) is 83.3 Å². The summed E-state index contributed by atoms with van der Waals surface area (Å²) in [4.78, 5) is 11.1. The molecule has 0 aliphatic carbocycles. The Balaban J connectivity index is 1.58. The van der Waals surface area contributed by atoms with Crippen LogP contribution in [0.4, 0.5) is 11.5 Å². The second kappa shape index (κ2) is 9.54. The molecule has 0 amide bonds. The third kappa shape index (κ3) is 5.17. The highest BCUT2D eigenvalue weighted by Gasteiger charge is 2.20. The Bertz CT molecular complexity index is 1320. The Kier molecular flexibility index (Phi) is 6.57. The van der Waals surface area contributed by atoms with E-state index in [1.165, 1.54) is 12.1 Å². The molecule has 164 valence electrons. The maximum Gasteiger partial charge on any atom is 0.263 e. The van der Waals surface area contributed by atoms with Gasteiger partial charge in [-0.1, -0.05) is 46.3 Å². The molecule has 0 saturated heterocycles. The quantitative estimate of drug-likeness (QED) is 0.368. The predicted molar refractivity (Wildman–Crippen MR) is 130 cm³/mol. The van der Waals surface area contributed by atoms with Crippen molar-refractivity contribution in [2.24, 2.45) is 0 Å². The fourth-order valence-electron chi connectivity index (χ4n) is 3.04. The molecule has 3 aromatic carbocycles. The summed E-state index contributed by atoms with van der Waals surface area (Å²) in [5.74, 6) is 0.180. The van der Waals surface area contributed by atoms with Crippen LogP contribution in [0.3, 0.4) is 0 Å². The van der Waals surface area contributed by atoms with Crippen LogP contribution in [0.2, 0.25) is 0 Å². The summed E-state index contributed by atoms with van der Waals surface area (Å²) in [6.07, 6.45) is 0. The van der Waals surface area contributed by atoms with Crippen molar-refractivity contribution in [2.45, 2.75) is 4.90 Å². The number of hydrogen-bond acceptors (Lipinski definition) is 6. The van der Waals surface area contributed by atoms with E-state index in [0.717, 1.165) is 10.2 Å². The summed E-state index contributed by atoms with van der Waals surface area (Å²) < 4.78 is 35.0. The third-order valence-corrected chi connectivity index (χ3v) is 6.64. The van der Waals surface area contributed by atoms with Gasteiger partial charge in [-0.2, -0.15) is 0 Å². The van der Waals surface area contributed by atoms with Crippen molar-refractivity contribution >= 4 is 48.5 Å². The normalized spacial score (nSPS) is 11.3. The van der Waals surface area contributed by atoms with Crippen molar-refractivity contribution in [3.8, 4) is 5.88 Å². The van der Waals surface area contributed by atoms with E-state index in [4.69, 9.17) is 4.74 Å². The van der Waals surface area contributed by atoms with Crippen LogP contribution < -0.4 is 14.4 Å². The van der Waals surface area contributed by atoms with E-state index in [-0.39, 0.29) is 16.6 Å². The maximum absolute atomic E-state index is 12.9. The molecular weight excluding hydrogens is 492 g/mol. The lowest BCUT2D eigenvalue weighted by molar-refractivity contribution is 0.315. The van der Waals surface area contributed by atoms with Gasteiger partial charge >= 0.3 is 0 Å². The molecule has 1 aromatic heterocycles. The van der Waals surface area contributed by atoms with Crippen molar-refractivity contribution in [1.29, 1.82) is 0 Å². The monoisotopic (exact) mass is 512 g/mol. The molecule has 0 fully saturated rings. The highest BCUT2D eigenvalue weighted by atomic mass is 79.9. The van der Waals surface area contributed by atoms with E-state index in [9.17, 15) is 8.42 Å². The number of halogens is 1. The van der Waals surface area contributed by atoms with Crippen LogP contribution in [0, 0.1) is 0 Å². The zero-order valence-corrected chi connectivity index (χ0v) is 19.7. The van der Waals surface area contributed by atoms with Crippen LogP contribution in [0.15, 0.2) is 88.2 Å². The first-order valence-electron chi connectivity index (χ1n) is 9.86. The second-order valence-electron chi connectivity index (χ2n) is 7.03. The van der Waals surface area contributed by atoms with Gasteiger partial charge in [-0.3, -0.25) is 4.72 Å². The topological polar surface area (TPSA) is 84.4 Å². The van der Waals surface area contributed by atoms with Gasteiger partial charge in [0.05, 0.1) is 22.5 Å². The number of para-hydroxylation sites is 3. The fraction of sp³-hybridized carbons (Fsp3) is 0.130. The molecule has 0 atom stereocenters. The van der Waals surface area contributed by atoms with Gasteiger partial charge in [0.1, 0.15) is 6.61 Å². The lowest BCUT2D eigenvalue weighted by Gasteiger charge is -2.19. The lowest BCUT2D eigenvalue weighted by atomic mass is 10.3. The number of anilines is 2. The predicted octanol–water partition coefficient (Wildman–Crippen LogP) is 4.71. The van der Waals surface area contributed by atoms with Crippen LogP contribution >= 0.6 is 15.9 Å². The summed E-state index contributed by atoms with van der Waals surface area (Å²) in [6, 6.07) is 23.5. The molecule has 4 rings (SSSR count). The standard InChI is InChI=1S/C23H21BrN4O3S/c1-28(18-7-3-2-4-8-18)15-16-31-23-22(25-20-9-5-6-10-21(20)26-23)27-32(29,30)19-13-11-17(24)12-14-19/h2-14H,15-16H2,1H3,(H,25,27). The second-order valence-corrected chi connectivity index (χ2v) is 9.63. The van der Waals surface area contributed by atoms with Crippen molar-refractivity contribution in [2.75, 3.05) is 29.8 Å². The van der Waals surface area contributed by atoms with E-state index in [1.807, 2.05) is 54.4 Å². The highest BCUT2D eigenvalue weighted by molar-refractivity contribution is 9.10. The molecule has 9 heteroatoms. The van der Waals surface area contributed by atoms with Crippen LogP contribution in [0.1, 0.15) is 0 Å². The van der Waals surface area contributed by atoms with Gasteiger partial charge in [0.25, 0.3) is 15.9 Å². The van der Waals surface area contributed by atoms with Gasteiger partial charge in [0.2, 0.25) is 5.82 Å². The van der Waals surface area contributed by atoms with Crippen molar-refractivity contribution < 1.29 is 13.2 Å². The van der Waals surface area contributed by atoms with Gasteiger partial charge in [0, 0.05) is 17.2 Å². The van der Waals surface area contributed by atoms with Crippen molar-refractivity contribution in [1.82, 2.24) is 9.97 Å². The number of benzene rings is 3. The number of ether oxygens (including phenoxy) is 1. The van der Waals surface area contributed by atoms with E-state index in [2.05, 4.69) is 30.6 Å². The van der Waals surface area contributed by atoms with Gasteiger partial charge in [0.15, 0.2) is 0 Å². The molecule has 1 heterocycles. The van der Waals surface area contributed by atoms with Crippen LogP contribution in [0.25, 0.3) is 11.0 Å². The molecule has 0 radical (unpaired) electrons. The number of hydrogen-bond donors (Lipinski definition) is 1. The zero-order valence-electron chi connectivity index (χ0n) is 17.3. The summed E-state index contributed by atoms with van der Waals surface area (Å²) in [5.41, 5.74) is 2.23. The Morgan fingerprint density at radius 2 is 1.53 bits per heavy atom. The molecule has 32 heavy (non-hydrogen) atoms. The first-order chi connectivity index (χ1) is 15.4. The van der Waals surface area contributed by atoms with E-state index in [1.54, 1.807) is 24.3 Å². The largest absolute Gasteiger partial charge is 0.473 e. The molecule has 1 N–H and O–H groups in total. The SMILES string of the molecule is CN(CCOc1nc2ccccc2nc1NS(=O)(=O)c1ccc(Br)cc1)c1ccccc1. The molecule has 0 bridgehead atoms. The third-order valence-electron chi connectivity index (χ3n) is 4.76. The number of rotatable bonds is 8. The Morgan fingerprint density at radius 3 is 2.22 bits per heavy atom. The van der Waals surface area contributed by atoms with Crippen LogP contribution in [-0.2, 0) is 10.0 Å². The summed E-state index contributed by atoms with van der Waals surface area (Å²) >= 11 is 3.31. The molecule has 0 spiro atoms. The van der Waals surface area contributed by atoms with Gasteiger partial charge < -0.3 is 9.64 Å². The average molecular weight is 513 g/mol. The highest BCUT2D eigenvalue weighted by Crippen LogP contribution is 2.26. The molecule has 0 aliphatic rings. The van der Waals surface area contributed by atoms with E-state index < -0.39 is 10.0 Å².